The number of rotatable bonds is 9. The summed E-state index contributed by atoms with van der Waals surface area (Å²) in [5.74, 6) is 4.15. The number of hydrogen-bond acceptors (Lipinski definition) is 6. The molecule has 7 heteroatoms. The molecular weight excluding hydrogens is 360 g/mol. The Labute approximate surface area is 164 Å². The molecule has 0 saturated heterocycles. The molecule has 0 bridgehead atoms. The Morgan fingerprint density at radius 3 is 2.14 bits per heavy atom. The predicted octanol–water partition coefficient (Wildman–Crippen LogP) is 2.52. The number of esters is 2. The summed E-state index contributed by atoms with van der Waals surface area (Å²) in [5.41, 5.74) is 1.49. The van der Waals surface area contributed by atoms with E-state index < -0.39 is 30.3 Å². The van der Waals surface area contributed by atoms with Crippen LogP contribution in [-0.2, 0) is 30.5 Å². The van der Waals surface area contributed by atoms with Gasteiger partial charge in [-0.2, -0.15) is 0 Å². The van der Waals surface area contributed by atoms with Gasteiger partial charge in [0.2, 0.25) is 5.91 Å². The number of carbonyl (C=O) groups excluding carboxylic acids is 3. The molecule has 2 aromatic rings. The summed E-state index contributed by atoms with van der Waals surface area (Å²) < 4.78 is 10.1. The Morgan fingerprint density at radius 2 is 1.54 bits per heavy atom. The van der Waals surface area contributed by atoms with Gasteiger partial charge in [-0.25, -0.2) is 5.84 Å². The average molecular weight is 384 g/mol. The number of nitrogens with zero attached hydrogens (tertiary/aromatic N) is 1. The first-order chi connectivity index (χ1) is 13.5. The molecule has 1 atom stereocenters. The van der Waals surface area contributed by atoms with Gasteiger partial charge in [-0.1, -0.05) is 60.7 Å². The summed E-state index contributed by atoms with van der Waals surface area (Å²) in [6, 6.07) is 17.3. The minimum atomic E-state index is -0.741. The monoisotopic (exact) mass is 384 g/mol. The molecule has 148 valence electrons. The molecule has 0 aliphatic heterocycles. The van der Waals surface area contributed by atoms with Crippen molar-refractivity contribution in [2.75, 3.05) is 6.61 Å². The van der Waals surface area contributed by atoms with E-state index in [1.807, 2.05) is 36.4 Å². The van der Waals surface area contributed by atoms with E-state index in [2.05, 4.69) is 0 Å². The van der Waals surface area contributed by atoms with Crippen LogP contribution in [0.15, 0.2) is 60.7 Å². The zero-order valence-electron chi connectivity index (χ0n) is 15.7. The first-order valence-corrected chi connectivity index (χ1v) is 8.98. The summed E-state index contributed by atoms with van der Waals surface area (Å²) in [5, 5.41) is 0.899. The SMILES string of the molecule is CCOC(=O)CC(c1ccccc1)N(N)C(=O)CC(=O)OCc1ccccc1. The Hall–Kier alpha value is -3.19. The van der Waals surface area contributed by atoms with Crippen LogP contribution in [0.2, 0.25) is 0 Å². The molecule has 0 saturated carbocycles. The minimum absolute atomic E-state index is 0.0719. The molecule has 1 amide bonds. The van der Waals surface area contributed by atoms with Crippen molar-refractivity contribution in [1.82, 2.24) is 5.01 Å². The summed E-state index contributed by atoms with van der Waals surface area (Å²) in [6.45, 7) is 2.00. The van der Waals surface area contributed by atoms with E-state index in [9.17, 15) is 14.4 Å². The Balaban J connectivity index is 1.99. The van der Waals surface area contributed by atoms with Gasteiger partial charge in [0.15, 0.2) is 0 Å². The fourth-order valence-corrected chi connectivity index (χ4v) is 2.61. The van der Waals surface area contributed by atoms with Gasteiger partial charge in [0.25, 0.3) is 0 Å². The highest BCUT2D eigenvalue weighted by atomic mass is 16.5. The number of hydrogen-bond donors (Lipinski definition) is 1. The molecule has 0 aromatic heterocycles. The highest BCUT2D eigenvalue weighted by Crippen LogP contribution is 2.23. The molecule has 0 spiro atoms. The molecule has 2 N–H and O–H groups in total. The van der Waals surface area contributed by atoms with E-state index in [0.29, 0.717) is 5.56 Å². The van der Waals surface area contributed by atoms with Crippen LogP contribution in [0.3, 0.4) is 0 Å². The normalized spacial score (nSPS) is 11.4. The predicted molar refractivity (Wildman–Crippen MR) is 102 cm³/mol. The van der Waals surface area contributed by atoms with Crippen LogP contribution in [0.25, 0.3) is 0 Å². The molecule has 0 aliphatic rings. The van der Waals surface area contributed by atoms with Crippen molar-refractivity contribution >= 4 is 17.8 Å². The number of benzene rings is 2. The summed E-state index contributed by atoms with van der Waals surface area (Å²) in [6.07, 6.45) is -0.630. The van der Waals surface area contributed by atoms with Crippen LogP contribution in [0, 0.1) is 0 Å². The van der Waals surface area contributed by atoms with Crippen molar-refractivity contribution < 1.29 is 23.9 Å². The molecule has 0 fully saturated rings. The molecule has 1 unspecified atom stereocenters. The Morgan fingerprint density at radius 1 is 0.929 bits per heavy atom. The average Bonchev–Trinajstić information content (AvgIpc) is 2.71. The second-order valence-electron chi connectivity index (χ2n) is 6.06. The lowest BCUT2D eigenvalue weighted by atomic mass is 10.0. The van der Waals surface area contributed by atoms with Crippen molar-refractivity contribution in [2.24, 2.45) is 5.84 Å². The van der Waals surface area contributed by atoms with Gasteiger partial charge in [-0.3, -0.25) is 19.4 Å². The molecule has 2 rings (SSSR count). The van der Waals surface area contributed by atoms with Crippen molar-refractivity contribution in [1.29, 1.82) is 0 Å². The van der Waals surface area contributed by atoms with Crippen LogP contribution in [0.1, 0.15) is 36.9 Å². The third kappa shape index (κ3) is 6.51. The number of carbonyl (C=O) groups is 3. The number of hydrazine groups is 1. The molecule has 7 nitrogen and oxygen atoms in total. The van der Waals surface area contributed by atoms with E-state index >= 15 is 0 Å². The molecule has 0 aliphatic carbocycles. The summed E-state index contributed by atoms with van der Waals surface area (Å²) in [4.78, 5) is 36.4. The quantitative estimate of drug-likeness (QED) is 0.234. The van der Waals surface area contributed by atoms with Gasteiger partial charge in [-0.15, -0.1) is 0 Å². The number of ether oxygens (including phenoxy) is 2. The van der Waals surface area contributed by atoms with Gasteiger partial charge >= 0.3 is 11.9 Å². The third-order valence-electron chi connectivity index (χ3n) is 4.01. The Kier molecular flexibility index (Phi) is 8.17. The number of nitrogens with two attached hydrogens (primary N) is 1. The maximum absolute atomic E-state index is 12.5. The van der Waals surface area contributed by atoms with E-state index in [1.165, 1.54) is 0 Å². The second kappa shape index (κ2) is 10.8. The molecular formula is C21H24N2O5. The van der Waals surface area contributed by atoms with Gasteiger partial charge in [0.1, 0.15) is 13.0 Å². The fraction of sp³-hybridized carbons (Fsp3) is 0.286. The lowest BCUT2D eigenvalue weighted by Gasteiger charge is -2.27. The van der Waals surface area contributed by atoms with Crippen LogP contribution in [-0.4, -0.2) is 29.5 Å². The Bertz CT molecular complexity index is 780. The third-order valence-corrected chi connectivity index (χ3v) is 4.01. The van der Waals surface area contributed by atoms with E-state index in [4.69, 9.17) is 15.3 Å². The van der Waals surface area contributed by atoms with Gasteiger partial charge in [0.05, 0.1) is 19.1 Å². The highest BCUT2D eigenvalue weighted by molar-refractivity contribution is 5.94. The molecule has 0 heterocycles. The van der Waals surface area contributed by atoms with Crippen LogP contribution in [0.4, 0.5) is 0 Å². The van der Waals surface area contributed by atoms with Crippen LogP contribution in [0.5, 0.6) is 0 Å². The molecule has 0 radical (unpaired) electrons. The summed E-state index contributed by atoms with van der Waals surface area (Å²) >= 11 is 0. The first kappa shape index (κ1) is 21.1. The first-order valence-electron chi connectivity index (χ1n) is 8.98. The topological polar surface area (TPSA) is 98.9 Å². The van der Waals surface area contributed by atoms with Crippen molar-refractivity contribution in [3.8, 4) is 0 Å². The van der Waals surface area contributed by atoms with Gasteiger partial charge < -0.3 is 9.47 Å². The summed E-state index contributed by atoms with van der Waals surface area (Å²) in [7, 11) is 0. The van der Waals surface area contributed by atoms with Gasteiger partial charge in [-0.05, 0) is 18.1 Å². The van der Waals surface area contributed by atoms with Crippen LogP contribution >= 0.6 is 0 Å². The van der Waals surface area contributed by atoms with Crippen molar-refractivity contribution in [3.05, 3.63) is 71.8 Å². The maximum atomic E-state index is 12.5. The van der Waals surface area contributed by atoms with Crippen molar-refractivity contribution in [3.63, 3.8) is 0 Å². The molecule has 28 heavy (non-hydrogen) atoms. The number of amides is 1. The standard InChI is InChI=1S/C21H24N2O5/c1-2-27-20(25)13-18(17-11-7-4-8-12-17)23(22)19(24)14-21(26)28-15-16-9-5-3-6-10-16/h3-12,18H,2,13-15,22H2,1H3. The smallest absolute Gasteiger partial charge is 0.315 e. The van der Waals surface area contributed by atoms with E-state index in [1.54, 1.807) is 31.2 Å². The minimum Gasteiger partial charge on any atom is -0.466 e. The molecule has 2 aromatic carbocycles. The van der Waals surface area contributed by atoms with Gasteiger partial charge in [0, 0.05) is 0 Å². The fourth-order valence-electron chi connectivity index (χ4n) is 2.61. The zero-order valence-corrected chi connectivity index (χ0v) is 15.7. The van der Waals surface area contributed by atoms with E-state index in [0.717, 1.165) is 10.6 Å². The van der Waals surface area contributed by atoms with Crippen LogP contribution < -0.4 is 5.84 Å². The van der Waals surface area contributed by atoms with E-state index in [-0.39, 0.29) is 19.6 Å². The maximum Gasteiger partial charge on any atom is 0.315 e. The lowest BCUT2D eigenvalue weighted by molar-refractivity contribution is -0.151. The van der Waals surface area contributed by atoms with Crippen molar-refractivity contribution in [2.45, 2.75) is 32.4 Å². The highest BCUT2D eigenvalue weighted by Gasteiger charge is 2.27. The second-order valence-corrected chi connectivity index (χ2v) is 6.06. The zero-order chi connectivity index (χ0) is 20.4. The largest absolute Gasteiger partial charge is 0.466 e. The lowest BCUT2D eigenvalue weighted by Crippen LogP contribution is -2.42.